The van der Waals surface area contributed by atoms with Crippen LogP contribution >= 0.6 is 0 Å². The molecule has 0 aliphatic rings. The van der Waals surface area contributed by atoms with Crippen LogP contribution in [0, 0.1) is 0 Å². The van der Waals surface area contributed by atoms with Crippen LogP contribution in [0.25, 0.3) is 68.3 Å². The van der Waals surface area contributed by atoms with Crippen LogP contribution in [0.5, 0.6) is 0 Å². The van der Waals surface area contributed by atoms with Crippen LogP contribution in [-0.4, -0.2) is 85.7 Å². The van der Waals surface area contributed by atoms with Gasteiger partial charge in [0, 0.05) is 74.4 Å². The Morgan fingerprint density at radius 2 is 0.386 bits per heavy atom. The maximum absolute atomic E-state index is 10.7. The van der Waals surface area contributed by atoms with Crippen molar-refractivity contribution in [2.24, 2.45) is 0 Å². The molecule has 0 aromatic carbocycles. The Balaban J connectivity index is 0.000000161. The topological polar surface area (TPSA) is 269 Å². The molecule has 414 valence electrons. The molecule has 0 fully saturated rings. The molecule has 0 spiro atoms. The molecular weight excluding hydrogens is 1170 g/mol. The van der Waals surface area contributed by atoms with Gasteiger partial charge in [0.1, 0.15) is 0 Å². The molecule has 12 heterocycles. The van der Waals surface area contributed by atoms with Crippen LogP contribution in [0.3, 0.4) is 0 Å². The number of aromatic nitrogens is 12. The van der Waals surface area contributed by atoms with Crippen molar-refractivity contribution in [2.45, 2.75) is 11.5 Å². The molecule has 21 heteroatoms. The van der Waals surface area contributed by atoms with Crippen molar-refractivity contribution in [3.63, 3.8) is 0 Å². The molecule has 12 aromatic heterocycles. The third-order valence-corrected chi connectivity index (χ3v) is 11.9. The molecule has 0 atom stereocenters. The first kappa shape index (κ1) is 62.4. The zero-order chi connectivity index (χ0) is 57.5. The van der Waals surface area contributed by atoms with Gasteiger partial charge in [-0.3, -0.25) is 59.8 Å². The second kappa shape index (κ2) is 33.7. The summed E-state index contributed by atoms with van der Waals surface area (Å²) in [5.74, 6) is -1.06. The fraction of sp³-hybridized carbons (Fsp3) is 0.0323. The van der Waals surface area contributed by atoms with Crippen molar-refractivity contribution in [2.75, 3.05) is 0 Å². The van der Waals surface area contributed by atoms with Crippen LogP contribution in [0.15, 0.2) is 281 Å². The summed E-state index contributed by atoms with van der Waals surface area (Å²) in [6.45, 7) is 0. The fourth-order valence-corrected chi connectivity index (χ4v) is 8.13. The van der Waals surface area contributed by atoms with E-state index < -0.39 is 31.7 Å². The van der Waals surface area contributed by atoms with Crippen molar-refractivity contribution >= 4 is 20.2 Å². The number of hydrogen-bond acceptors (Lipinski definition) is 18. The zero-order valence-electron chi connectivity index (χ0n) is 44.0. The molecule has 0 unspecified atom stereocenters. The van der Waals surface area contributed by atoms with E-state index in [1.165, 1.54) is 24.5 Å². The summed E-state index contributed by atoms with van der Waals surface area (Å²) in [4.78, 5) is 49.8. The number of pyridine rings is 12. The fourth-order valence-electron chi connectivity index (χ4n) is 6.96. The summed E-state index contributed by atoms with van der Waals surface area (Å²) < 4.78 is 63.9. The smallest absolute Gasteiger partial charge is 0.748 e. The molecule has 12 rings (SSSR count). The minimum atomic E-state index is -4.27. The van der Waals surface area contributed by atoms with Crippen molar-refractivity contribution < 1.29 is 45.4 Å². The Morgan fingerprint density at radius 3 is 0.530 bits per heavy atom. The van der Waals surface area contributed by atoms with Gasteiger partial charge in [-0.15, -0.1) is 0 Å². The standard InChI is InChI=1S/2C11H10N2O3S.4C10H8N2.Ru/c2*14-17(15,16)8-9-4-6-13-11(7-9)10-3-1-2-5-12-10;4*1-3-7-11-9(5-1)10-6-2-4-8-12-10;/h2*1-7H,8H2,(H,14,15,16);4*1-8H;/q;;;;;;+2/p-2. The van der Waals surface area contributed by atoms with Crippen molar-refractivity contribution in [3.05, 3.63) is 292 Å². The summed E-state index contributed by atoms with van der Waals surface area (Å²) in [5.41, 5.74) is 10.5. The largest absolute Gasteiger partial charge is 2.00 e. The molecule has 12 aromatic rings. The Bertz CT molecular complexity index is 3390. The minimum Gasteiger partial charge on any atom is -0.748 e. The molecular formula is C62H50N12O6RuS2. The molecule has 0 aliphatic carbocycles. The van der Waals surface area contributed by atoms with Gasteiger partial charge in [0.15, 0.2) is 0 Å². The van der Waals surface area contributed by atoms with E-state index in [9.17, 15) is 25.9 Å². The normalized spacial score (nSPS) is 10.2. The Labute approximate surface area is 494 Å². The van der Waals surface area contributed by atoms with Crippen molar-refractivity contribution in [1.29, 1.82) is 0 Å². The van der Waals surface area contributed by atoms with Gasteiger partial charge in [0.05, 0.1) is 100 Å². The first-order valence-corrected chi connectivity index (χ1v) is 28.0. The van der Waals surface area contributed by atoms with Crippen LogP contribution in [0.1, 0.15) is 11.1 Å². The van der Waals surface area contributed by atoms with Crippen LogP contribution in [0.4, 0.5) is 0 Å². The molecule has 0 amide bonds. The quantitative estimate of drug-likeness (QED) is 0.0909. The van der Waals surface area contributed by atoms with Gasteiger partial charge in [0.2, 0.25) is 0 Å². The van der Waals surface area contributed by atoms with Crippen molar-refractivity contribution in [3.8, 4) is 68.3 Å². The van der Waals surface area contributed by atoms with Gasteiger partial charge in [-0.2, -0.15) is 0 Å². The Hall–Kier alpha value is -9.76. The van der Waals surface area contributed by atoms with E-state index in [1.54, 1.807) is 110 Å². The predicted octanol–water partition coefficient (Wildman–Crippen LogP) is 10.9. The van der Waals surface area contributed by atoms with E-state index in [2.05, 4.69) is 59.8 Å². The molecule has 0 saturated heterocycles. The minimum absolute atomic E-state index is 0. The summed E-state index contributed by atoms with van der Waals surface area (Å²) in [5, 5.41) is 0. The Kier molecular flexibility index (Phi) is 25.4. The molecule has 0 N–H and O–H groups in total. The maximum atomic E-state index is 10.7. The molecule has 83 heavy (non-hydrogen) atoms. The molecule has 0 aliphatic heterocycles. The molecule has 0 radical (unpaired) electrons. The maximum Gasteiger partial charge on any atom is 2.00 e. The third-order valence-electron chi connectivity index (χ3n) is 10.6. The van der Waals surface area contributed by atoms with Crippen LogP contribution < -0.4 is 0 Å². The molecule has 0 bridgehead atoms. The van der Waals surface area contributed by atoms with E-state index in [4.69, 9.17) is 0 Å². The molecule has 18 nitrogen and oxygen atoms in total. The number of hydrogen-bond donors (Lipinski definition) is 0. The average molecular weight is 1220 g/mol. The summed E-state index contributed by atoms with van der Waals surface area (Å²) in [6, 6.07) is 63.2. The first-order valence-electron chi connectivity index (χ1n) is 24.9. The zero-order valence-corrected chi connectivity index (χ0v) is 47.3. The summed E-state index contributed by atoms with van der Waals surface area (Å²) >= 11 is 0. The SMILES string of the molecule is O=S(=O)([O-])Cc1ccnc(-c2ccccn2)c1.O=S(=O)([O-])Cc1ccnc(-c2ccccn2)c1.[Ru+2].c1ccc(-c2ccccn2)nc1.c1ccc(-c2ccccn2)nc1.c1ccc(-c2ccccn2)nc1.c1ccc(-c2ccccn2)nc1. The van der Waals surface area contributed by atoms with Gasteiger partial charge in [-0.1, -0.05) is 60.7 Å². The first-order chi connectivity index (χ1) is 40.0. The van der Waals surface area contributed by atoms with Crippen LogP contribution in [0.2, 0.25) is 0 Å². The number of rotatable bonds is 10. The third kappa shape index (κ3) is 23.1. The number of nitrogens with zero attached hydrogens (tertiary/aromatic N) is 12. The van der Waals surface area contributed by atoms with Crippen LogP contribution in [-0.2, 0) is 51.2 Å². The average Bonchev–Trinajstić information content (AvgIpc) is 3.58. The van der Waals surface area contributed by atoms with Gasteiger partial charge < -0.3 is 9.11 Å². The Morgan fingerprint density at radius 1 is 0.229 bits per heavy atom. The molecule has 0 saturated carbocycles. The van der Waals surface area contributed by atoms with E-state index in [1.807, 2.05) is 146 Å². The monoisotopic (exact) mass is 1220 g/mol. The second-order valence-electron chi connectivity index (χ2n) is 16.7. The summed E-state index contributed by atoms with van der Waals surface area (Å²) in [6.07, 6.45) is 20.3. The van der Waals surface area contributed by atoms with E-state index in [0.717, 1.165) is 45.6 Å². The van der Waals surface area contributed by atoms with E-state index in [0.29, 0.717) is 33.9 Å². The van der Waals surface area contributed by atoms with E-state index >= 15 is 0 Å². The van der Waals surface area contributed by atoms with E-state index in [-0.39, 0.29) is 19.5 Å². The second-order valence-corrected chi connectivity index (χ2v) is 19.5. The van der Waals surface area contributed by atoms with Gasteiger partial charge >= 0.3 is 19.5 Å². The van der Waals surface area contributed by atoms with Gasteiger partial charge in [-0.25, -0.2) is 16.8 Å². The van der Waals surface area contributed by atoms with Gasteiger partial charge in [-0.05, 0) is 157 Å². The van der Waals surface area contributed by atoms with Gasteiger partial charge in [0.25, 0.3) is 0 Å². The summed E-state index contributed by atoms with van der Waals surface area (Å²) in [7, 11) is -8.55. The predicted molar refractivity (Wildman–Crippen MR) is 312 cm³/mol. The van der Waals surface area contributed by atoms with Crippen molar-refractivity contribution in [1.82, 2.24) is 59.8 Å².